The molecule has 0 spiro atoms. The maximum atomic E-state index is 12.3. The van der Waals surface area contributed by atoms with Gasteiger partial charge in [0.1, 0.15) is 0 Å². The number of halogens is 1. The number of carbonyl (C=O) groups excluding carboxylic acids is 1. The molecule has 0 heterocycles. The maximum absolute atomic E-state index is 12.3. The second kappa shape index (κ2) is 7.38. The molecule has 0 saturated carbocycles. The predicted molar refractivity (Wildman–Crippen MR) is 90.7 cm³/mol. The van der Waals surface area contributed by atoms with E-state index in [0.717, 1.165) is 34.4 Å². The molecule has 0 aliphatic carbocycles. The fourth-order valence-corrected chi connectivity index (χ4v) is 2.58. The zero-order chi connectivity index (χ0) is 15.2. The SMILES string of the molecule is CCNCc1cccc(NC(=O)c2ccc(Br)cc2C)c1. The zero-order valence-electron chi connectivity index (χ0n) is 12.2. The van der Waals surface area contributed by atoms with E-state index in [1.807, 2.05) is 49.4 Å². The smallest absolute Gasteiger partial charge is 0.255 e. The number of benzene rings is 2. The summed E-state index contributed by atoms with van der Waals surface area (Å²) in [5.74, 6) is -0.0828. The van der Waals surface area contributed by atoms with Crippen molar-refractivity contribution >= 4 is 27.5 Å². The van der Waals surface area contributed by atoms with Crippen molar-refractivity contribution in [3.8, 4) is 0 Å². The van der Waals surface area contributed by atoms with E-state index in [0.29, 0.717) is 5.56 Å². The van der Waals surface area contributed by atoms with Gasteiger partial charge < -0.3 is 10.6 Å². The summed E-state index contributed by atoms with van der Waals surface area (Å²) in [6.45, 7) is 5.73. The van der Waals surface area contributed by atoms with Crippen molar-refractivity contribution in [1.82, 2.24) is 5.32 Å². The Morgan fingerprint density at radius 3 is 2.71 bits per heavy atom. The summed E-state index contributed by atoms with van der Waals surface area (Å²) in [7, 11) is 0. The quantitative estimate of drug-likeness (QED) is 0.854. The molecule has 4 heteroatoms. The summed E-state index contributed by atoms with van der Waals surface area (Å²) in [5, 5.41) is 6.23. The summed E-state index contributed by atoms with van der Waals surface area (Å²) in [5.41, 5.74) is 3.61. The van der Waals surface area contributed by atoms with E-state index in [2.05, 4.69) is 33.5 Å². The van der Waals surface area contributed by atoms with Gasteiger partial charge in [-0.15, -0.1) is 0 Å². The van der Waals surface area contributed by atoms with Gasteiger partial charge in [0.05, 0.1) is 0 Å². The van der Waals surface area contributed by atoms with Crippen LogP contribution in [0.25, 0.3) is 0 Å². The number of carbonyl (C=O) groups is 1. The number of amides is 1. The standard InChI is InChI=1S/C17H19BrN2O/c1-3-19-11-13-5-4-6-15(10-13)20-17(21)16-8-7-14(18)9-12(16)2/h4-10,19H,3,11H2,1-2H3,(H,20,21). The molecule has 0 saturated heterocycles. The minimum atomic E-state index is -0.0828. The van der Waals surface area contributed by atoms with E-state index in [1.54, 1.807) is 0 Å². The van der Waals surface area contributed by atoms with Gasteiger partial charge in [-0.2, -0.15) is 0 Å². The zero-order valence-corrected chi connectivity index (χ0v) is 13.8. The van der Waals surface area contributed by atoms with Crippen molar-refractivity contribution in [2.45, 2.75) is 20.4 Å². The molecule has 2 aromatic rings. The van der Waals surface area contributed by atoms with Crippen LogP contribution in [0, 0.1) is 6.92 Å². The first-order valence-corrected chi connectivity index (χ1v) is 7.76. The number of aryl methyl sites for hydroxylation is 1. The molecule has 0 unspecified atom stereocenters. The molecule has 0 bridgehead atoms. The maximum Gasteiger partial charge on any atom is 0.255 e. The van der Waals surface area contributed by atoms with E-state index in [1.165, 1.54) is 0 Å². The highest BCUT2D eigenvalue weighted by atomic mass is 79.9. The van der Waals surface area contributed by atoms with Crippen molar-refractivity contribution in [3.63, 3.8) is 0 Å². The predicted octanol–water partition coefficient (Wildman–Crippen LogP) is 4.12. The lowest BCUT2D eigenvalue weighted by molar-refractivity contribution is 0.102. The van der Waals surface area contributed by atoms with Crippen molar-refractivity contribution in [3.05, 3.63) is 63.6 Å². The van der Waals surface area contributed by atoms with Crippen LogP contribution in [0.4, 0.5) is 5.69 Å². The van der Waals surface area contributed by atoms with Gasteiger partial charge in [-0.25, -0.2) is 0 Å². The number of anilines is 1. The minimum absolute atomic E-state index is 0.0828. The fraction of sp³-hybridized carbons (Fsp3) is 0.235. The molecule has 21 heavy (non-hydrogen) atoms. The second-order valence-corrected chi connectivity index (χ2v) is 5.81. The lowest BCUT2D eigenvalue weighted by Gasteiger charge is -2.10. The average Bonchev–Trinajstić information content (AvgIpc) is 2.45. The van der Waals surface area contributed by atoms with Gasteiger partial charge in [0.15, 0.2) is 0 Å². The molecular weight excluding hydrogens is 328 g/mol. The van der Waals surface area contributed by atoms with Gasteiger partial charge in [-0.3, -0.25) is 4.79 Å². The summed E-state index contributed by atoms with van der Waals surface area (Å²) >= 11 is 3.41. The Balaban J connectivity index is 2.12. The molecule has 3 nitrogen and oxygen atoms in total. The molecule has 0 aliphatic rings. The summed E-state index contributed by atoms with van der Waals surface area (Å²) in [6.07, 6.45) is 0. The van der Waals surface area contributed by atoms with Crippen molar-refractivity contribution in [2.75, 3.05) is 11.9 Å². The minimum Gasteiger partial charge on any atom is -0.322 e. The Bertz CT molecular complexity index is 640. The summed E-state index contributed by atoms with van der Waals surface area (Å²) in [6, 6.07) is 13.5. The molecule has 0 aromatic heterocycles. The number of hydrogen-bond donors (Lipinski definition) is 2. The third-order valence-corrected chi connectivity index (χ3v) is 3.69. The van der Waals surface area contributed by atoms with Crippen molar-refractivity contribution in [1.29, 1.82) is 0 Å². The van der Waals surface area contributed by atoms with Gasteiger partial charge in [0.25, 0.3) is 5.91 Å². The van der Waals surface area contributed by atoms with Crippen LogP contribution < -0.4 is 10.6 Å². The monoisotopic (exact) mass is 346 g/mol. The summed E-state index contributed by atoms with van der Waals surface area (Å²) < 4.78 is 0.976. The van der Waals surface area contributed by atoms with Crippen LogP contribution in [-0.4, -0.2) is 12.5 Å². The molecular formula is C17H19BrN2O. The number of rotatable bonds is 5. The summed E-state index contributed by atoms with van der Waals surface area (Å²) in [4.78, 5) is 12.3. The van der Waals surface area contributed by atoms with Crippen LogP contribution in [0.2, 0.25) is 0 Å². The van der Waals surface area contributed by atoms with E-state index < -0.39 is 0 Å². The third kappa shape index (κ3) is 4.41. The van der Waals surface area contributed by atoms with E-state index in [4.69, 9.17) is 0 Å². The average molecular weight is 347 g/mol. The van der Waals surface area contributed by atoms with Crippen molar-refractivity contribution < 1.29 is 4.79 Å². The van der Waals surface area contributed by atoms with Crippen LogP contribution in [0.5, 0.6) is 0 Å². The fourth-order valence-electron chi connectivity index (χ4n) is 2.11. The Morgan fingerprint density at radius 2 is 2.00 bits per heavy atom. The molecule has 2 N–H and O–H groups in total. The molecule has 0 radical (unpaired) electrons. The van der Waals surface area contributed by atoms with Gasteiger partial charge in [-0.05, 0) is 54.9 Å². The molecule has 0 fully saturated rings. The topological polar surface area (TPSA) is 41.1 Å². The molecule has 2 rings (SSSR count). The van der Waals surface area contributed by atoms with Gasteiger partial charge in [-0.1, -0.05) is 35.0 Å². The molecule has 1 amide bonds. The van der Waals surface area contributed by atoms with Crippen LogP contribution in [0.1, 0.15) is 28.4 Å². The first-order chi connectivity index (χ1) is 10.1. The Labute approximate surface area is 133 Å². The van der Waals surface area contributed by atoms with Gasteiger partial charge in [0, 0.05) is 22.3 Å². The Kier molecular flexibility index (Phi) is 5.53. The van der Waals surface area contributed by atoms with Crippen LogP contribution in [0.15, 0.2) is 46.9 Å². The molecule has 110 valence electrons. The van der Waals surface area contributed by atoms with Crippen LogP contribution in [-0.2, 0) is 6.54 Å². The second-order valence-electron chi connectivity index (χ2n) is 4.89. The Hall–Kier alpha value is -1.65. The van der Waals surface area contributed by atoms with E-state index >= 15 is 0 Å². The third-order valence-electron chi connectivity index (χ3n) is 3.20. The molecule has 2 aromatic carbocycles. The largest absolute Gasteiger partial charge is 0.322 e. The van der Waals surface area contributed by atoms with E-state index in [9.17, 15) is 4.79 Å². The highest BCUT2D eigenvalue weighted by Crippen LogP contribution is 2.18. The van der Waals surface area contributed by atoms with Crippen LogP contribution in [0.3, 0.4) is 0 Å². The number of nitrogens with one attached hydrogen (secondary N) is 2. The molecule has 0 aliphatic heterocycles. The normalized spacial score (nSPS) is 10.4. The lowest BCUT2D eigenvalue weighted by atomic mass is 10.1. The highest BCUT2D eigenvalue weighted by Gasteiger charge is 2.09. The first-order valence-electron chi connectivity index (χ1n) is 6.97. The van der Waals surface area contributed by atoms with Crippen molar-refractivity contribution in [2.24, 2.45) is 0 Å². The van der Waals surface area contributed by atoms with Gasteiger partial charge >= 0.3 is 0 Å². The highest BCUT2D eigenvalue weighted by molar-refractivity contribution is 9.10. The molecule has 0 atom stereocenters. The van der Waals surface area contributed by atoms with Gasteiger partial charge in [0.2, 0.25) is 0 Å². The lowest BCUT2D eigenvalue weighted by Crippen LogP contribution is -2.14. The van der Waals surface area contributed by atoms with E-state index in [-0.39, 0.29) is 5.91 Å². The first kappa shape index (κ1) is 15.7. The van der Waals surface area contributed by atoms with Crippen LogP contribution >= 0.6 is 15.9 Å². The number of hydrogen-bond acceptors (Lipinski definition) is 2. The Morgan fingerprint density at radius 1 is 1.19 bits per heavy atom.